The maximum Gasteiger partial charge on any atom is 0.387 e. The highest BCUT2D eigenvalue weighted by atomic mass is 35.5. The minimum absolute atomic E-state index is 0.0794. The van der Waals surface area contributed by atoms with Crippen LogP contribution in [0.4, 0.5) is 18.9 Å². The van der Waals surface area contributed by atoms with E-state index in [2.05, 4.69) is 31.3 Å². The topological polar surface area (TPSA) is 115 Å². The Morgan fingerprint density at radius 2 is 2.15 bits per heavy atom. The van der Waals surface area contributed by atoms with Crippen molar-refractivity contribution in [1.82, 2.24) is 24.5 Å². The van der Waals surface area contributed by atoms with Gasteiger partial charge in [-0.05, 0) is 44.2 Å². The van der Waals surface area contributed by atoms with Gasteiger partial charge >= 0.3 is 6.61 Å². The number of alkyl halides is 2. The second-order valence-electron chi connectivity index (χ2n) is 9.33. The van der Waals surface area contributed by atoms with Gasteiger partial charge < -0.3 is 25.0 Å². The van der Waals surface area contributed by atoms with Crippen molar-refractivity contribution in [3.05, 3.63) is 53.4 Å². The van der Waals surface area contributed by atoms with Gasteiger partial charge in [-0.1, -0.05) is 22.9 Å². The third kappa shape index (κ3) is 6.10. The van der Waals surface area contributed by atoms with Crippen LogP contribution < -0.4 is 15.0 Å². The zero-order chi connectivity index (χ0) is 28.2. The number of hydrogen-bond donors (Lipinski definition) is 2. The van der Waals surface area contributed by atoms with Gasteiger partial charge in [0.15, 0.2) is 17.0 Å². The lowest BCUT2D eigenvalue weighted by Gasteiger charge is -2.36. The van der Waals surface area contributed by atoms with Crippen molar-refractivity contribution in [2.45, 2.75) is 38.1 Å². The molecule has 0 aliphatic carbocycles. The van der Waals surface area contributed by atoms with E-state index in [-0.39, 0.29) is 11.3 Å². The molecule has 4 aromatic rings. The van der Waals surface area contributed by atoms with E-state index in [0.717, 1.165) is 25.9 Å². The first-order chi connectivity index (χ1) is 19.3. The molecule has 10 nitrogen and oxygen atoms in total. The normalized spacial score (nSPS) is 15.1. The summed E-state index contributed by atoms with van der Waals surface area (Å²) >= 11 is 7.56. The number of hydrogen-bond acceptors (Lipinski definition) is 10. The molecule has 1 unspecified atom stereocenters. The van der Waals surface area contributed by atoms with Crippen LogP contribution >= 0.6 is 22.9 Å². The maximum absolute atomic E-state index is 13.3. The van der Waals surface area contributed by atoms with E-state index in [1.165, 1.54) is 35.7 Å². The molecule has 0 radical (unpaired) electrons. The number of halogens is 3. The molecule has 0 saturated carbocycles. The van der Waals surface area contributed by atoms with Crippen LogP contribution in [0.1, 0.15) is 31.1 Å². The Bertz CT molecular complexity index is 1500. The summed E-state index contributed by atoms with van der Waals surface area (Å²) in [5, 5.41) is 28.8. The van der Waals surface area contributed by atoms with Gasteiger partial charge in [-0.2, -0.15) is 19.1 Å². The Morgan fingerprint density at radius 3 is 2.90 bits per heavy atom. The summed E-state index contributed by atoms with van der Waals surface area (Å²) in [7, 11) is 2.03. The summed E-state index contributed by atoms with van der Waals surface area (Å²) in [4.78, 5) is 13.5. The second-order valence-corrected chi connectivity index (χ2v) is 10.7. The number of benzene rings is 1. The second kappa shape index (κ2) is 12.3. The smallest absolute Gasteiger partial charge is 0.387 e. The molecule has 4 heterocycles. The first-order valence-corrected chi connectivity index (χ1v) is 13.8. The quantitative estimate of drug-likeness (QED) is 0.246. The molecular formula is C26H27ClF2N8O2S. The van der Waals surface area contributed by atoms with E-state index >= 15 is 0 Å². The van der Waals surface area contributed by atoms with Crippen molar-refractivity contribution < 1.29 is 18.6 Å². The number of piperidine rings is 1. The number of aliphatic hydroxyl groups excluding tert-OH is 1. The highest BCUT2D eigenvalue weighted by Crippen LogP contribution is 2.44. The number of aromatic nitrogens is 4. The molecular weight excluding hydrogens is 562 g/mol. The van der Waals surface area contributed by atoms with Crippen LogP contribution in [0.3, 0.4) is 0 Å². The third-order valence-electron chi connectivity index (χ3n) is 6.83. The molecule has 210 valence electrons. The molecule has 1 saturated heterocycles. The molecule has 5 rings (SSSR count). The van der Waals surface area contributed by atoms with Crippen LogP contribution in [0.25, 0.3) is 16.9 Å². The van der Waals surface area contributed by atoms with Crippen LogP contribution in [0.2, 0.25) is 5.02 Å². The van der Waals surface area contributed by atoms with Crippen molar-refractivity contribution in [3.63, 3.8) is 0 Å². The lowest BCUT2D eigenvalue weighted by molar-refractivity contribution is -0.0494. The third-order valence-corrected chi connectivity index (χ3v) is 8.11. The lowest BCUT2D eigenvalue weighted by atomic mass is 10.0. The number of nitrogens with one attached hydrogen (secondary N) is 1. The van der Waals surface area contributed by atoms with E-state index in [1.807, 2.05) is 7.05 Å². The zero-order valence-corrected chi connectivity index (χ0v) is 23.1. The molecule has 0 bridgehead atoms. The van der Waals surface area contributed by atoms with Gasteiger partial charge in [-0.25, -0.2) is 14.5 Å². The van der Waals surface area contributed by atoms with E-state index in [4.69, 9.17) is 26.6 Å². The molecule has 1 aliphatic heterocycles. The molecule has 1 fully saturated rings. The summed E-state index contributed by atoms with van der Waals surface area (Å²) in [6, 6.07) is 8.63. The fraction of sp³-hybridized carbons (Fsp3) is 0.385. The Balaban J connectivity index is 1.46. The Hall–Kier alpha value is -3.57. The van der Waals surface area contributed by atoms with Crippen molar-refractivity contribution in [2.24, 2.45) is 0 Å². The predicted molar refractivity (Wildman–Crippen MR) is 149 cm³/mol. The summed E-state index contributed by atoms with van der Waals surface area (Å²) < 4.78 is 32.9. The first-order valence-electron chi connectivity index (χ1n) is 12.6. The number of rotatable bonds is 10. The van der Waals surface area contributed by atoms with Crippen molar-refractivity contribution >= 4 is 38.7 Å². The molecule has 1 atom stereocenters. The number of fused-ring (bicyclic) bond motifs is 1. The largest absolute Gasteiger partial charge is 0.434 e. The molecule has 0 spiro atoms. The Kier molecular flexibility index (Phi) is 8.60. The molecule has 2 N–H and O–H groups in total. The van der Waals surface area contributed by atoms with Crippen molar-refractivity contribution in [3.8, 4) is 23.1 Å². The summed E-state index contributed by atoms with van der Waals surface area (Å²) in [5.41, 5.74) is 1.52. The Labute approximate surface area is 238 Å². The van der Waals surface area contributed by atoms with Crippen LogP contribution in [0.5, 0.6) is 5.75 Å². The van der Waals surface area contributed by atoms with E-state index < -0.39 is 12.8 Å². The van der Waals surface area contributed by atoms with Gasteiger partial charge in [0.2, 0.25) is 0 Å². The lowest BCUT2D eigenvalue weighted by Crippen LogP contribution is -2.43. The highest BCUT2D eigenvalue weighted by Gasteiger charge is 2.28. The first kappa shape index (κ1) is 28.0. The number of ether oxygens (including phenoxy) is 1. The maximum atomic E-state index is 13.3. The number of nitriles is 1. The minimum atomic E-state index is -3.04. The van der Waals surface area contributed by atoms with Crippen LogP contribution in [-0.2, 0) is 0 Å². The molecule has 3 aromatic heterocycles. The average molecular weight is 589 g/mol. The fourth-order valence-electron chi connectivity index (χ4n) is 4.76. The molecule has 14 heteroatoms. The van der Waals surface area contributed by atoms with E-state index in [1.54, 1.807) is 23.0 Å². The number of thiazole rings is 1. The van der Waals surface area contributed by atoms with Crippen molar-refractivity contribution in [2.75, 3.05) is 36.9 Å². The molecule has 40 heavy (non-hydrogen) atoms. The van der Waals surface area contributed by atoms with Gasteiger partial charge in [0.05, 0.1) is 17.8 Å². The standard InChI is InChI=1S/C26H27ClF2N8O2S/c1-35(10-2-8-30)17-6-12-36(13-7-17)26-33-21(18-14-16(27)4-5-20(18)39-25(28)29)24(40-26)34-23(38)19-15-32-37-11-3-9-31-22(19)37/h3-5,9,11,14-15,17,23,25,34,38H,2,6-7,10,12-13H2,1H3. The summed E-state index contributed by atoms with van der Waals surface area (Å²) in [5.74, 6) is -0.0794. The van der Waals surface area contributed by atoms with Gasteiger partial charge in [-0.15, -0.1) is 0 Å². The highest BCUT2D eigenvalue weighted by molar-refractivity contribution is 7.20. The van der Waals surface area contributed by atoms with Crippen LogP contribution in [0, 0.1) is 11.3 Å². The number of nitrogens with zero attached hydrogens (tertiary/aromatic N) is 7. The monoisotopic (exact) mass is 588 g/mol. The molecule has 1 aliphatic rings. The van der Waals surface area contributed by atoms with Crippen LogP contribution in [0.15, 0.2) is 42.9 Å². The van der Waals surface area contributed by atoms with E-state index in [0.29, 0.717) is 51.1 Å². The molecule has 1 aromatic carbocycles. The summed E-state index contributed by atoms with van der Waals surface area (Å²) in [6.07, 6.45) is 5.87. The van der Waals surface area contributed by atoms with Gasteiger partial charge in [0.1, 0.15) is 16.4 Å². The predicted octanol–water partition coefficient (Wildman–Crippen LogP) is 5.02. The van der Waals surface area contributed by atoms with Gasteiger partial charge in [-0.3, -0.25) is 0 Å². The average Bonchev–Trinajstić information content (AvgIpc) is 3.57. The minimum Gasteiger partial charge on any atom is -0.434 e. The fourth-order valence-corrected chi connectivity index (χ4v) is 5.98. The van der Waals surface area contributed by atoms with Gasteiger partial charge in [0, 0.05) is 55.1 Å². The number of anilines is 2. The molecule has 0 amide bonds. The van der Waals surface area contributed by atoms with Crippen molar-refractivity contribution in [1.29, 1.82) is 5.26 Å². The van der Waals surface area contributed by atoms with Gasteiger partial charge in [0.25, 0.3) is 0 Å². The SMILES string of the molecule is CN(CCC#N)C1CCN(c2nc(-c3cc(Cl)ccc3OC(F)F)c(NC(O)c3cnn4cccnc34)s2)CC1. The Morgan fingerprint density at radius 1 is 1.35 bits per heavy atom. The van der Waals surface area contributed by atoms with E-state index in [9.17, 15) is 13.9 Å². The number of aliphatic hydroxyl groups is 1. The zero-order valence-electron chi connectivity index (χ0n) is 21.5. The van der Waals surface area contributed by atoms with Crippen LogP contribution in [-0.4, -0.2) is 68.9 Å². The summed E-state index contributed by atoms with van der Waals surface area (Å²) in [6.45, 7) is -0.870.